The number of benzene rings is 1. The Hall–Kier alpha value is -0.683. The maximum Gasteiger partial charge on any atom is 0.320 e. The van der Waals surface area contributed by atoms with Crippen LogP contribution in [0.2, 0.25) is 6.04 Å². The van der Waals surface area contributed by atoms with Crippen LogP contribution < -0.4 is 5.73 Å². The Labute approximate surface area is 100 Å². The zero-order valence-corrected chi connectivity index (χ0v) is 11.6. The first-order valence-corrected chi connectivity index (χ1v) is 7.27. The van der Waals surface area contributed by atoms with Crippen molar-refractivity contribution in [3.05, 3.63) is 35.9 Å². The van der Waals surface area contributed by atoms with Crippen molar-refractivity contribution in [2.45, 2.75) is 19.4 Å². The summed E-state index contributed by atoms with van der Waals surface area (Å²) in [5.41, 5.74) is 6.62. The number of hydrogen-bond donors (Lipinski definition) is 1. The summed E-state index contributed by atoms with van der Waals surface area (Å²) in [7, 11) is 2.09. The Morgan fingerprint density at radius 1 is 1.12 bits per heavy atom. The molecule has 1 aromatic carbocycles. The number of hydrogen-bond acceptors (Lipinski definition) is 3. The molecule has 0 spiro atoms. The van der Waals surface area contributed by atoms with Gasteiger partial charge < -0.3 is 14.6 Å². The van der Waals surface area contributed by atoms with E-state index >= 15 is 0 Å². The second-order valence-electron chi connectivity index (χ2n) is 3.49. The highest BCUT2D eigenvalue weighted by molar-refractivity contribution is 6.44. The summed E-state index contributed by atoms with van der Waals surface area (Å²) in [6.45, 7) is 2.82. The van der Waals surface area contributed by atoms with Gasteiger partial charge in [0.15, 0.2) is 0 Å². The van der Waals surface area contributed by atoms with Crippen LogP contribution in [0, 0.1) is 6.92 Å². The van der Waals surface area contributed by atoms with Crippen LogP contribution in [0.15, 0.2) is 30.3 Å². The van der Waals surface area contributed by atoms with E-state index in [1.54, 1.807) is 14.2 Å². The van der Waals surface area contributed by atoms with Crippen molar-refractivity contribution >= 4 is 9.28 Å². The monoisotopic (exact) mass is 241 g/mol. The highest BCUT2D eigenvalue weighted by Crippen LogP contribution is 1.96. The van der Waals surface area contributed by atoms with Crippen LogP contribution in [0.25, 0.3) is 0 Å². The zero-order valence-electron chi connectivity index (χ0n) is 10.5. The third-order valence-electron chi connectivity index (χ3n) is 2.11. The maximum atomic E-state index is 5.30. The molecule has 0 unspecified atom stereocenters. The molecule has 2 N–H and O–H groups in total. The molecule has 0 aliphatic rings. The summed E-state index contributed by atoms with van der Waals surface area (Å²) in [6, 6.07) is 11.3. The van der Waals surface area contributed by atoms with Gasteiger partial charge in [-0.25, -0.2) is 0 Å². The lowest BCUT2D eigenvalue weighted by atomic mass is 10.2. The molecule has 0 saturated heterocycles. The highest BCUT2D eigenvalue weighted by atomic mass is 28.3. The van der Waals surface area contributed by atoms with Gasteiger partial charge in [-0.05, 0) is 25.9 Å². The molecule has 0 aromatic heterocycles. The van der Waals surface area contributed by atoms with Gasteiger partial charge in [-0.15, -0.1) is 0 Å². The fraction of sp³-hybridized carbons (Fsp3) is 0.500. The minimum atomic E-state index is -1.29. The van der Waals surface area contributed by atoms with Gasteiger partial charge >= 0.3 is 9.28 Å². The Bertz CT molecular complexity index is 240. The quantitative estimate of drug-likeness (QED) is 0.800. The fourth-order valence-electron chi connectivity index (χ4n) is 1.15. The molecule has 92 valence electrons. The van der Waals surface area contributed by atoms with Gasteiger partial charge in [-0.2, -0.15) is 0 Å². The van der Waals surface area contributed by atoms with E-state index < -0.39 is 9.28 Å². The van der Waals surface area contributed by atoms with Crippen LogP contribution in [0.4, 0.5) is 0 Å². The molecular formula is C12H23NO2Si. The van der Waals surface area contributed by atoms with E-state index in [1.807, 2.05) is 18.2 Å². The summed E-state index contributed by atoms with van der Waals surface area (Å²) in [4.78, 5) is 0. The molecular weight excluding hydrogens is 218 g/mol. The third-order valence-corrected chi connectivity index (χ3v) is 4.04. The summed E-state index contributed by atoms with van der Waals surface area (Å²) < 4.78 is 10.1. The first-order chi connectivity index (χ1) is 7.74. The maximum absolute atomic E-state index is 5.30. The predicted octanol–water partition coefficient (Wildman–Crippen LogP) is 1.84. The summed E-state index contributed by atoms with van der Waals surface area (Å²) >= 11 is 0. The van der Waals surface area contributed by atoms with Gasteiger partial charge in [0, 0.05) is 14.2 Å². The van der Waals surface area contributed by atoms with Crippen molar-refractivity contribution in [3.8, 4) is 0 Å². The van der Waals surface area contributed by atoms with Gasteiger partial charge in [0.2, 0.25) is 0 Å². The average molecular weight is 241 g/mol. The van der Waals surface area contributed by atoms with Gasteiger partial charge in [0.05, 0.1) is 0 Å². The first-order valence-electron chi connectivity index (χ1n) is 5.52. The van der Waals surface area contributed by atoms with Crippen molar-refractivity contribution in [2.24, 2.45) is 5.73 Å². The van der Waals surface area contributed by atoms with Crippen molar-refractivity contribution < 1.29 is 8.85 Å². The molecule has 0 aliphatic heterocycles. The third kappa shape index (κ3) is 8.61. The topological polar surface area (TPSA) is 44.5 Å². The Morgan fingerprint density at radius 3 is 2.00 bits per heavy atom. The lowest BCUT2D eigenvalue weighted by Crippen LogP contribution is -2.19. The van der Waals surface area contributed by atoms with Crippen LogP contribution >= 0.6 is 0 Å². The molecule has 0 bridgehead atoms. The predicted molar refractivity (Wildman–Crippen MR) is 70.8 cm³/mol. The van der Waals surface area contributed by atoms with Crippen LogP contribution in [0.1, 0.15) is 12.0 Å². The second kappa shape index (κ2) is 10.8. The van der Waals surface area contributed by atoms with Crippen molar-refractivity contribution in [1.29, 1.82) is 0 Å². The number of nitrogens with two attached hydrogens (primary N) is 1. The SMILES string of the molecule is CO[SiH](CCCN)OC.Cc1ccccc1. The molecule has 4 heteroatoms. The molecule has 1 rings (SSSR count). The summed E-state index contributed by atoms with van der Waals surface area (Å²) in [5, 5.41) is 0. The van der Waals surface area contributed by atoms with E-state index in [0.29, 0.717) is 0 Å². The standard InChI is InChI=1S/C7H8.C5H15NO2Si/c1-7-5-3-2-4-6-7;1-7-9(8-2)5-3-4-6/h2-6H,1H3;9H,3-6H2,1-2H3. The van der Waals surface area contributed by atoms with Crippen LogP contribution in [-0.2, 0) is 8.85 Å². The molecule has 0 saturated carbocycles. The zero-order chi connectivity index (χ0) is 12.2. The van der Waals surface area contributed by atoms with E-state index in [9.17, 15) is 0 Å². The van der Waals surface area contributed by atoms with Gasteiger partial charge in [0.25, 0.3) is 0 Å². The molecule has 1 aromatic rings. The van der Waals surface area contributed by atoms with Gasteiger partial charge in [0.1, 0.15) is 0 Å². The van der Waals surface area contributed by atoms with Crippen LogP contribution in [-0.4, -0.2) is 30.0 Å². The van der Waals surface area contributed by atoms with Crippen molar-refractivity contribution in [1.82, 2.24) is 0 Å². The van der Waals surface area contributed by atoms with Crippen molar-refractivity contribution in [2.75, 3.05) is 20.8 Å². The molecule has 0 fully saturated rings. The fourth-order valence-corrected chi connectivity index (χ4v) is 2.38. The largest absolute Gasteiger partial charge is 0.400 e. The van der Waals surface area contributed by atoms with Gasteiger partial charge in [-0.3, -0.25) is 0 Å². The Kier molecular flexibility index (Phi) is 10.4. The van der Waals surface area contributed by atoms with Crippen LogP contribution in [0.5, 0.6) is 0 Å². The Morgan fingerprint density at radius 2 is 1.69 bits per heavy atom. The molecule has 0 radical (unpaired) electrons. The first kappa shape index (κ1) is 15.3. The van der Waals surface area contributed by atoms with E-state index in [0.717, 1.165) is 19.0 Å². The molecule has 0 atom stereocenters. The van der Waals surface area contributed by atoms with Gasteiger partial charge in [-0.1, -0.05) is 35.9 Å². The van der Waals surface area contributed by atoms with E-state index in [2.05, 4.69) is 19.1 Å². The highest BCUT2D eigenvalue weighted by Gasteiger charge is 2.06. The minimum absolute atomic E-state index is 0.732. The lowest BCUT2D eigenvalue weighted by molar-refractivity contribution is 0.277. The average Bonchev–Trinajstić information content (AvgIpc) is 2.32. The second-order valence-corrected chi connectivity index (χ2v) is 5.87. The van der Waals surface area contributed by atoms with E-state index in [-0.39, 0.29) is 0 Å². The smallest absolute Gasteiger partial charge is 0.320 e. The molecule has 16 heavy (non-hydrogen) atoms. The number of rotatable bonds is 5. The Balaban J connectivity index is 0.000000288. The van der Waals surface area contributed by atoms with Crippen LogP contribution in [0.3, 0.4) is 0 Å². The molecule has 0 heterocycles. The molecule has 0 aliphatic carbocycles. The minimum Gasteiger partial charge on any atom is -0.400 e. The normalized spacial score (nSPS) is 9.81. The summed E-state index contributed by atoms with van der Waals surface area (Å²) in [6.07, 6.45) is 1.01. The van der Waals surface area contributed by atoms with Crippen molar-refractivity contribution in [3.63, 3.8) is 0 Å². The lowest BCUT2D eigenvalue weighted by Gasteiger charge is -2.08. The van der Waals surface area contributed by atoms with E-state index in [4.69, 9.17) is 14.6 Å². The summed E-state index contributed by atoms with van der Waals surface area (Å²) in [5.74, 6) is 0. The molecule has 3 nitrogen and oxygen atoms in total. The molecule has 0 amide bonds. The number of aryl methyl sites for hydroxylation is 1. The van der Waals surface area contributed by atoms with E-state index in [1.165, 1.54) is 5.56 Å².